The Balaban J connectivity index is 1.53. The number of pyridine rings is 1. The van der Waals surface area contributed by atoms with Gasteiger partial charge in [-0.15, -0.1) is 11.3 Å². The number of aliphatic carboxylic acids is 1. The Morgan fingerprint density at radius 2 is 1.71 bits per heavy atom. The molecule has 0 aliphatic rings. The van der Waals surface area contributed by atoms with Gasteiger partial charge in [0.15, 0.2) is 6.10 Å². The first-order valence-electron chi connectivity index (χ1n) is 13.5. The highest BCUT2D eigenvalue weighted by Crippen LogP contribution is 2.44. The number of carboxylic acid groups (broad SMARTS) is 1. The fraction of sp³-hybridized carbons (Fsp3) is 0.212. The van der Waals surface area contributed by atoms with E-state index in [2.05, 4.69) is 28.3 Å². The Morgan fingerprint density at radius 3 is 2.43 bits per heavy atom. The number of fused-ring (bicyclic) bond motifs is 2. The number of carboxylic acids is 1. The van der Waals surface area contributed by atoms with E-state index in [1.54, 1.807) is 6.20 Å². The minimum atomic E-state index is -1.16. The molecule has 6 rings (SSSR count). The van der Waals surface area contributed by atoms with Crippen molar-refractivity contribution < 1.29 is 14.6 Å². The van der Waals surface area contributed by atoms with Gasteiger partial charge in [0.2, 0.25) is 0 Å². The summed E-state index contributed by atoms with van der Waals surface area (Å²) in [5.74, 6) is -1.04. The number of rotatable bonds is 6. The highest BCUT2D eigenvalue weighted by Gasteiger charge is 2.32. The summed E-state index contributed by atoms with van der Waals surface area (Å²) in [6, 6.07) is 19.7. The molecule has 7 nitrogen and oxygen atoms in total. The first-order valence-corrected chi connectivity index (χ1v) is 14.7. The number of aryl methyl sites for hydroxylation is 2. The van der Waals surface area contributed by atoms with Crippen LogP contribution in [0.2, 0.25) is 5.02 Å². The number of nitrogens with zero attached hydrogens (tertiary/aromatic N) is 4. The number of aromatic nitrogens is 4. The van der Waals surface area contributed by atoms with Gasteiger partial charge in [0.05, 0.1) is 27.5 Å². The summed E-state index contributed by atoms with van der Waals surface area (Å²) in [6.07, 6.45) is 2.45. The summed E-state index contributed by atoms with van der Waals surface area (Å²) in [4.78, 5) is 22.2. The molecule has 0 saturated heterocycles. The molecule has 1 atom stereocenters. The SMILES string of the molecule is Cc1cc2nc(-c3cccc(-c4cnc5cnn(C)c5c4)c3)sc2c(-c2ccc(Cl)cc2)c1[C@H](OC(C)(C)C)C(=O)O. The molecule has 0 aliphatic carbocycles. The lowest BCUT2D eigenvalue weighted by molar-refractivity contribution is -0.160. The highest BCUT2D eigenvalue weighted by molar-refractivity contribution is 7.22. The van der Waals surface area contributed by atoms with Crippen LogP contribution in [0.3, 0.4) is 0 Å². The zero-order chi connectivity index (χ0) is 29.8. The second-order valence-corrected chi connectivity index (χ2v) is 12.7. The molecule has 6 aromatic rings. The van der Waals surface area contributed by atoms with E-state index >= 15 is 0 Å². The molecule has 3 heterocycles. The lowest BCUT2D eigenvalue weighted by Gasteiger charge is -2.28. The molecule has 1 N–H and O–H groups in total. The van der Waals surface area contributed by atoms with Crippen LogP contribution in [0, 0.1) is 6.92 Å². The normalized spacial score (nSPS) is 12.7. The van der Waals surface area contributed by atoms with Crippen LogP contribution >= 0.6 is 22.9 Å². The monoisotopic (exact) mass is 596 g/mol. The Labute approximate surface area is 252 Å². The van der Waals surface area contributed by atoms with Crippen molar-refractivity contribution in [1.82, 2.24) is 19.7 Å². The second-order valence-electron chi connectivity index (χ2n) is 11.3. The predicted molar refractivity (Wildman–Crippen MR) is 169 cm³/mol. The standard InChI is InChI=1S/C33H29ClN4O3S/c1-18-13-24-30(28(19-9-11-23(34)12-10-19)27(18)29(32(39)40)41-33(2,3)4)42-31(37-24)21-8-6-7-20(14-21)22-15-26-25(35-16-22)17-36-38(26)5/h6-17,29H,1-5H3,(H,39,40)/t29-/m0/s1. The molecule has 0 aliphatic heterocycles. The third kappa shape index (κ3) is 5.29. The Bertz CT molecular complexity index is 1970. The average molecular weight is 597 g/mol. The van der Waals surface area contributed by atoms with Gasteiger partial charge in [0.25, 0.3) is 0 Å². The molecular formula is C33H29ClN4O3S. The molecule has 0 radical (unpaired) electrons. The van der Waals surface area contributed by atoms with Gasteiger partial charge in [-0.1, -0.05) is 41.9 Å². The van der Waals surface area contributed by atoms with Crippen LogP contribution in [0.5, 0.6) is 0 Å². The van der Waals surface area contributed by atoms with Crippen LogP contribution in [0.15, 0.2) is 73.1 Å². The largest absolute Gasteiger partial charge is 0.479 e. The summed E-state index contributed by atoms with van der Waals surface area (Å²) in [5, 5.41) is 16.1. The molecule has 0 spiro atoms. The van der Waals surface area contributed by atoms with E-state index in [-0.39, 0.29) is 0 Å². The third-order valence-corrected chi connectivity index (χ3v) is 8.45. The van der Waals surface area contributed by atoms with Crippen LogP contribution in [-0.4, -0.2) is 36.4 Å². The molecule has 0 unspecified atom stereocenters. The molecule has 42 heavy (non-hydrogen) atoms. The maximum atomic E-state index is 12.6. The molecule has 0 amide bonds. The van der Waals surface area contributed by atoms with Crippen molar-refractivity contribution in [2.24, 2.45) is 7.05 Å². The van der Waals surface area contributed by atoms with Crippen molar-refractivity contribution in [1.29, 1.82) is 0 Å². The van der Waals surface area contributed by atoms with Crippen LogP contribution in [0.25, 0.3) is 54.1 Å². The number of benzene rings is 3. The van der Waals surface area contributed by atoms with E-state index in [1.807, 2.05) is 88.1 Å². The number of halogens is 1. The first kappa shape index (κ1) is 28.0. The van der Waals surface area contributed by atoms with Crippen molar-refractivity contribution in [3.8, 4) is 32.8 Å². The second kappa shape index (κ2) is 10.6. The topological polar surface area (TPSA) is 90.1 Å². The third-order valence-electron chi connectivity index (χ3n) is 7.06. The number of hydrogen-bond donors (Lipinski definition) is 1. The lowest BCUT2D eigenvalue weighted by atomic mass is 9.91. The zero-order valence-corrected chi connectivity index (χ0v) is 25.4. The van der Waals surface area contributed by atoms with Gasteiger partial charge in [0.1, 0.15) is 10.5 Å². The van der Waals surface area contributed by atoms with Crippen molar-refractivity contribution in [3.05, 3.63) is 89.2 Å². The molecular weight excluding hydrogens is 568 g/mol. The van der Waals surface area contributed by atoms with E-state index < -0.39 is 17.7 Å². The lowest BCUT2D eigenvalue weighted by Crippen LogP contribution is -2.28. The summed E-state index contributed by atoms with van der Waals surface area (Å²) in [6.45, 7) is 7.49. The molecule has 3 aromatic carbocycles. The van der Waals surface area contributed by atoms with Gasteiger partial charge in [-0.05, 0) is 74.7 Å². The van der Waals surface area contributed by atoms with E-state index in [9.17, 15) is 9.90 Å². The van der Waals surface area contributed by atoms with Gasteiger partial charge in [-0.2, -0.15) is 5.10 Å². The quantitative estimate of drug-likeness (QED) is 0.207. The van der Waals surface area contributed by atoms with E-state index in [4.69, 9.17) is 21.3 Å². The van der Waals surface area contributed by atoms with Gasteiger partial charge in [0, 0.05) is 40.5 Å². The zero-order valence-electron chi connectivity index (χ0n) is 23.8. The van der Waals surface area contributed by atoms with Crippen molar-refractivity contribution >= 4 is 50.2 Å². The number of thiazole rings is 1. The minimum absolute atomic E-state index is 0.602. The maximum absolute atomic E-state index is 12.6. The van der Waals surface area contributed by atoms with E-state index in [0.717, 1.165) is 59.6 Å². The van der Waals surface area contributed by atoms with E-state index in [0.29, 0.717) is 10.6 Å². The summed E-state index contributed by atoms with van der Waals surface area (Å²) in [7, 11) is 1.90. The van der Waals surface area contributed by atoms with Gasteiger partial charge < -0.3 is 9.84 Å². The van der Waals surface area contributed by atoms with Gasteiger partial charge in [-0.25, -0.2) is 9.78 Å². The Morgan fingerprint density at radius 1 is 0.976 bits per heavy atom. The van der Waals surface area contributed by atoms with E-state index in [1.165, 1.54) is 11.3 Å². The fourth-order valence-electron chi connectivity index (χ4n) is 5.18. The van der Waals surface area contributed by atoms with Crippen LogP contribution < -0.4 is 0 Å². The highest BCUT2D eigenvalue weighted by atomic mass is 35.5. The van der Waals surface area contributed by atoms with Crippen molar-refractivity contribution in [2.75, 3.05) is 0 Å². The van der Waals surface area contributed by atoms with Crippen molar-refractivity contribution in [2.45, 2.75) is 39.4 Å². The first-order chi connectivity index (χ1) is 20.0. The summed E-state index contributed by atoms with van der Waals surface area (Å²) in [5.41, 5.74) is 7.95. The molecule has 9 heteroatoms. The van der Waals surface area contributed by atoms with Crippen LogP contribution in [0.1, 0.15) is 38.0 Å². The molecule has 0 fully saturated rings. The van der Waals surface area contributed by atoms with Crippen molar-refractivity contribution in [3.63, 3.8) is 0 Å². The molecule has 0 saturated carbocycles. The predicted octanol–water partition coefficient (Wildman–Crippen LogP) is 8.48. The Hall–Kier alpha value is -4.11. The van der Waals surface area contributed by atoms with Gasteiger partial charge in [-0.3, -0.25) is 9.67 Å². The summed E-state index contributed by atoms with van der Waals surface area (Å²) < 4.78 is 8.84. The molecule has 3 aromatic heterocycles. The molecule has 0 bridgehead atoms. The van der Waals surface area contributed by atoms with Crippen LogP contribution in [-0.2, 0) is 16.6 Å². The number of hydrogen-bond acceptors (Lipinski definition) is 6. The smallest absolute Gasteiger partial charge is 0.337 e. The minimum Gasteiger partial charge on any atom is -0.479 e. The van der Waals surface area contributed by atoms with Crippen LogP contribution in [0.4, 0.5) is 0 Å². The molecule has 212 valence electrons. The van der Waals surface area contributed by atoms with Gasteiger partial charge >= 0.3 is 5.97 Å². The number of ether oxygens (including phenoxy) is 1. The number of carbonyl (C=O) groups is 1. The fourth-order valence-corrected chi connectivity index (χ4v) is 6.42. The summed E-state index contributed by atoms with van der Waals surface area (Å²) >= 11 is 7.77. The maximum Gasteiger partial charge on any atom is 0.337 e. The average Bonchev–Trinajstić information content (AvgIpc) is 3.54. The Kier molecular flexibility index (Phi) is 7.09.